The normalized spacial score (nSPS) is 32.1. The molecule has 14 heterocycles. The number of carbonyl (C=O) groups excluding carboxylic acids is 11. The molecule has 0 unspecified atom stereocenters. The number of carboxylic acid groups (broad SMARTS) is 6. The lowest BCUT2D eigenvalue weighted by molar-refractivity contribution is -0.156. The quantitative estimate of drug-likeness (QED) is 0.0133. The molecule has 0 aliphatic carbocycles. The van der Waals surface area contributed by atoms with Crippen LogP contribution in [0.5, 0.6) is 0 Å². The molecule has 14 rings (SSSR count). The summed E-state index contributed by atoms with van der Waals surface area (Å²) < 4.78 is 127. The van der Waals surface area contributed by atoms with Gasteiger partial charge in [0.25, 0.3) is 0 Å². The van der Waals surface area contributed by atoms with Gasteiger partial charge in [-0.15, -0.1) is 0 Å². The topological polar surface area (TPSA) is 754 Å². The second kappa shape index (κ2) is 55.7. The Morgan fingerprint density at radius 2 is 0.400 bits per heavy atom. The van der Waals surface area contributed by atoms with Gasteiger partial charge in [-0.05, 0) is 13.0 Å². The Kier molecular flexibility index (Phi) is 45.0. The van der Waals surface area contributed by atoms with E-state index < -0.39 is 242 Å². The first-order chi connectivity index (χ1) is 66.4. The molecule has 14 saturated heterocycles. The van der Waals surface area contributed by atoms with Crippen molar-refractivity contribution in [2.45, 2.75) is 243 Å². The molecular weight excluding hydrogens is 1890 g/mol. The van der Waals surface area contributed by atoms with Gasteiger partial charge >= 0.3 is 95.5 Å². The second-order valence-corrected chi connectivity index (χ2v) is 32.5. The predicted molar refractivity (Wildman–Crippen MR) is 446 cm³/mol. The van der Waals surface area contributed by atoms with Crippen LogP contribution in [0.25, 0.3) is 0 Å². The summed E-state index contributed by atoms with van der Waals surface area (Å²) in [6, 6.07) is 0. The molecule has 0 bridgehead atoms. The van der Waals surface area contributed by atoms with E-state index >= 15 is 0 Å². The van der Waals surface area contributed by atoms with Crippen molar-refractivity contribution in [2.24, 2.45) is 5.92 Å². The Morgan fingerprint density at radius 1 is 0.229 bits per heavy atom. The fourth-order valence-electron chi connectivity index (χ4n) is 15.3. The van der Waals surface area contributed by atoms with Gasteiger partial charge in [-0.25, -0.2) is 43.2 Å². The summed E-state index contributed by atoms with van der Waals surface area (Å²) in [5.74, 6) is -13.8. The summed E-state index contributed by atoms with van der Waals surface area (Å²) in [4.78, 5) is 187. The number of esters is 10. The van der Waals surface area contributed by atoms with Gasteiger partial charge in [0.15, 0.2) is 66.8 Å². The maximum atomic E-state index is 11.7. The van der Waals surface area contributed by atoms with Crippen LogP contribution in [0.3, 0.4) is 0 Å². The lowest BCUT2D eigenvalue weighted by Crippen LogP contribution is -2.35. The molecule has 0 saturated carbocycles. The molecule has 140 heavy (non-hydrogen) atoms. The van der Waals surface area contributed by atoms with Gasteiger partial charge in [0.1, 0.15) is 97.7 Å². The summed E-state index contributed by atoms with van der Waals surface area (Å²) >= 11 is 0. The molecule has 0 aromatic rings. The van der Waals surface area contributed by atoms with Crippen molar-refractivity contribution in [3.63, 3.8) is 0 Å². The summed E-state index contributed by atoms with van der Waals surface area (Å²) in [7, 11) is 0. The monoisotopic (exact) mass is 2000 g/mol. The highest BCUT2D eigenvalue weighted by molar-refractivity contribution is 5.95. The molecule has 0 aromatic heterocycles. The van der Waals surface area contributed by atoms with E-state index in [9.17, 15) is 96.8 Å². The number of rotatable bonds is 35. The molecule has 12 N–H and O–H groups in total. The lowest BCUT2D eigenvalue weighted by atomic mass is 10.0. The number of aliphatic hydroxyl groups excluding tert-OH is 6. The van der Waals surface area contributed by atoms with Crippen LogP contribution in [0.1, 0.15) is 78.1 Å². The molecule has 53 heteroatoms. The van der Waals surface area contributed by atoms with Crippen LogP contribution in [0.15, 0.2) is 97.8 Å². The summed E-state index contributed by atoms with van der Waals surface area (Å²) in [5.41, 5.74) is 0. The molecular formula is C87H110O53. The minimum atomic E-state index is -1.26. The highest BCUT2D eigenvalue weighted by Gasteiger charge is 2.56. The Hall–Kier alpha value is -12.2. The molecule has 0 amide bonds. The van der Waals surface area contributed by atoms with Crippen LogP contribution in [-0.2, 0) is 195 Å². The van der Waals surface area contributed by atoms with Crippen molar-refractivity contribution >= 4 is 101 Å². The number of hydrogen-bond donors (Lipinski definition) is 12. The van der Waals surface area contributed by atoms with Crippen molar-refractivity contribution in [2.75, 3.05) is 92.5 Å². The zero-order valence-corrected chi connectivity index (χ0v) is 75.1. The number of ketones is 1. The maximum absolute atomic E-state index is 11.7. The third kappa shape index (κ3) is 36.5. The standard InChI is InChI=1S/3C15H18O9.2C11H16O6.2C10H12O7/c3*1-8(16)2-4-12(19)23-9-6-21-15-10(7-22-14(9)15)24-13(20)5-3-11(17)18;1-6-4-15-11-7(5-16-10(6)11)17-9(14)3-2-8(12)13;1-6(12)2-3-9(14)17-8-5-16-10-7(13)4-15-11(8)10;2*11-5-3-15-10-6(4-16-9(5)10)17-8(14)2-1-7(12)13/h2,4,9-10,14-15H,3,5-7H2,1H3,(H,17,18);2*3,5,9-10,14-16H,1-2,4,6-7H2,(H,17,18);6-7,10-11H,2-5H2,1H3,(H,12,13);7-8,10-13H,1-5H2;2*1-2,5-6,9-11H,3-4H2,(H,12,13)/b4-2+;2*5-3+;;;2*2-1+/t2*9-,10+,14+,15+;9-,10-,14-,15-;6-,7+,10+,11+;7-,8+,10-,11-;5-,6+,9+,10+;5-,6+,9-,10-/m0010101/s1. The zero-order valence-electron chi connectivity index (χ0n) is 75.1. The zero-order chi connectivity index (χ0) is 103. The molecule has 28 atom stereocenters. The molecule has 776 valence electrons. The first-order valence-corrected chi connectivity index (χ1v) is 43.4. The summed E-state index contributed by atoms with van der Waals surface area (Å²) in [5, 5.41) is 106. The largest absolute Gasteiger partial charge is 0.513 e. The van der Waals surface area contributed by atoms with Gasteiger partial charge in [0.2, 0.25) is 0 Å². The maximum Gasteiger partial charge on any atom is 0.331 e. The van der Waals surface area contributed by atoms with Gasteiger partial charge in [0, 0.05) is 79.9 Å². The van der Waals surface area contributed by atoms with Crippen molar-refractivity contribution < 1.29 is 256 Å². The van der Waals surface area contributed by atoms with E-state index in [-0.39, 0.29) is 185 Å². The molecule has 14 fully saturated rings. The Balaban J connectivity index is 0.000000201. The van der Waals surface area contributed by atoms with Crippen molar-refractivity contribution in [3.05, 3.63) is 97.8 Å². The average molecular weight is 2000 g/mol. The number of hydrogen-bond acceptors (Lipinski definition) is 47. The van der Waals surface area contributed by atoms with E-state index in [1.807, 2.05) is 6.92 Å². The number of fused-ring (bicyclic) bond motifs is 7. The number of carbonyl (C=O) groups is 17. The molecule has 0 spiro atoms. The summed E-state index contributed by atoms with van der Waals surface area (Å²) in [6.45, 7) is 15.6. The van der Waals surface area contributed by atoms with Crippen molar-refractivity contribution in [3.8, 4) is 0 Å². The van der Waals surface area contributed by atoms with E-state index in [1.54, 1.807) is 0 Å². The minimum Gasteiger partial charge on any atom is -0.513 e. The smallest absolute Gasteiger partial charge is 0.331 e. The lowest BCUT2D eigenvalue weighted by Gasteiger charge is -2.17. The SMILES string of the molecule is C=C(O)CCC(=O)O[C@@H]1CO[C@H]2[C@@H]1OC[C@H]2OC(=O)/C=C/C(=O)O.C=C(O)CCC(=O)O[C@H]1CO[C@H]2[C@@H]1OC[C@H]2O.C=C(O)CCC(=O)O[C@H]1CO[C@H]2[C@@H]1OC[C@H]2OC(=O)/C=C/C(=O)O.CC(=O)/C=C/C(=O)O[C@H]1CO[C@H]2[C@@H]1OC[C@H]2OC(=O)CCC(=O)O.C[C@H]1CO[C@H]2[C@@H]1OC[C@H]2OC(=O)CCC(=O)O.O=C(O)/C=C/C(=O)O[C@@H]1CO[C@H]2[C@@H]1OC[C@@H]2O.O=C(O)/C=C/C(=O)O[C@H]1CO[C@H]2[C@@H]1OC[C@H]2O. The third-order valence-corrected chi connectivity index (χ3v) is 21.7. The van der Waals surface area contributed by atoms with Gasteiger partial charge in [0.05, 0.1) is 161 Å². The van der Waals surface area contributed by atoms with Crippen molar-refractivity contribution in [1.82, 2.24) is 0 Å². The number of allylic oxidation sites excluding steroid dienone is 4. The first-order valence-electron chi connectivity index (χ1n) is 43.4. The molecule has 0 aromatic carbocycles. The van der Waals surface area contributed by atoms with Gasteiger partial charge in [-0.1, -0.05) is 26.7 Å². The van der Waals surface area contributed by atoms with E-state index in [1.165, 1.54) is 6.92 Å². The Morgan fingerprint density at radius 3 is 0.607 bits per heavy atom. The summed E-state index contributed by atoms with van der Waals surface area (Å²) in [6.07, 6.45) is -6.86. The van der Waals surface area contributed by atoms with Crippen LogP contribution in [0, 0.1) is 5.92 Å². The van der Waals surface area contributed by atoms with Gasteiger partial charge in [-0.3, -0.25) is 38.4 Å². The van der Waals surface area contributed by atoms with Crippen LogP contribution >= 0.6 is 0 Å². The number of aliphatic carboxylic acids is 6. The van der Waals surface area contributed by atoms with E-state index in [0.29, 0.717) is 43.4 Å². The molecule has 53 nitrogen and oxygen atoms in total. The van der Waals surface area contributed by atoms with Crippen molar-refractivity contribution in [1.29, 1.82) is 0 Å². The minimum absolute atomic E-state index is 0.00715. The number of ether oxygens (including phenoxy) is 24. The highest BCUT2D eigenvalue weighted by Crippen LogP contribution is 2.38. The number of aliphatic hydroxyl groups is 6. The van der Waals surface area contributed by atoms with E-state index in [0.717, 1.165) is 36.5 Å². The first kappa shape index (κ1) is 113. The van der Waals surface area contributed by atoms with Crippen LogP contribution in [0.2, 0.25) is 0 Å². The fourth-order valence-corrected chi connectivity index (χ4v) is 15.3. The molecule has 14 aliphatic heterocycles. The average Bonchev–Trinajstić information content (AvgIpc) is 1.62. The third-order valence-electron chi connectivity index (χ3n) is 21.7. The predicted octanol–water partition coefficient (Wildman–Crippen LogP) is -2.68. The Bertz CT molecular complexity index is 4170. The highest BCUT2D eigenvalue weighted by atomic mass is 16.7. The van der Waals surface area contributed by atoms with Gasteiger partial charge < -0.3 is 175 Å². The molecule has 14 aliphatic rings. The fraction of sp³-hybridized carbons (Fsp3) is 0.621. The van der Waals surface area contributed by atoms with Crippen LogP contribution < -0.4 is 0 Å². The Labute approximate surface area is 794 Å². The second-order valence-electron chi connectivity index (χ2n) is 32.5. The van der Waals surface area contributed by atoms with Crippen LogP contribution in [0.4, 0.5) is 0 Å². The van der Waals surface area contributed by atoms with Gasteiger partial charge in [-0.2, -0.15) is 0 Å². The molecule has 0 radical (unpaired) electrons. The number of carboxylic acids is 6. The van der Waals surface area contributed by atoms with E-state index in [2.05, 4.69) is 19.7 Å². The van der Waals surface area contributed by atoms with E-state index in [4.69, 9.17) is 160 Å². The van der Waals surface area contributed by atoms with Crippen LogP contribution in [-0.4, -0.2) is 420 Å².